The van der Waals surface area contributed by atoms with Crippen molar-refractivity contribution in [3.05, 3.63) is 131 Å². The maximum atomic E-state index is 14.0. The summed E-state index contributed by atoms with van der Waals surface area (Å²) in [6.07, 6.45) is -2.03. The van der Waals surface area contributed by atoms with Crippen LogP contribution >= 0.6 is 0 Å². The SMILES string of the molecule is O=C(C(=O)C1C(=O)c2ccccc2OC1c1ccccc1)C1C(=O)c2ccccc2OC1c1ccccc1. The van der Waals surface area contributed by atoms with E-state index in [2.05, 4.69) is 0 Å². The van der Waals surface area contributed by atoms with E-state index in [0.717, 1.165) is 0 Å². The fourth-order valence-electron chi connectivity index (χ4n) is 5.19. The minimum absolute atomic E-state index is 0.224. The third-order valence-corrected chi connectivity index (χ3v) is 7.05. The molecule has 186 valence electrons. The molecule has 0 N–H and O–H groups in total. The van der Waals surface area contributed by atoms with E-state index < -0.39 is 47.2 Å². The normalized spacial score (nSPS) is 21.9. The first-order chi connectivity index (χ1) is 18.5. The van der Waals surface area contributed by atoms with Gasteiger partial charge in [0.2, 0.25) is 11.6 Å². The highest BCUT2D eigenvalue weighted by Gasteiger charge is 2.51. The molecule has 0 fully saturated rings. The number of hydrogen-bond donors (Lipinski definition) is 0. The van der Waals surface area contributed by atoms with Crippen LogP contribution in [0.2, 0.25) is 0 Å². The number of fused-ring (bicyclic) bond motifs is 2. The van der Waals surface area contributed by atoms with Gasteiger partial charge in [0.05, 0.1) is 11.1 Å². The van der Waals surface area contributed by atoms with Crippen molar-refractivity contribution in [2.45, 2.75) is 12.2 Å². The van der Waals surface area contributed by atoms with Crippen molar-refractivity contribution < 1.29 is 28.7 Å². The highest BCUT2D eigenvalue weighted by atomic mass is 16.5. The highest BCUT2D eigenvalue weighted by Crippen LogP contribution is 2.43. The number of ketones is 4. The van der Waals surface area contributed by atoms with E-state index in [9.17, 15) is 19.2 Å². The predicted molar refractivity (Wildman–Crippen MR) is 138 cm³/mol. The number of carbonyl (C=O) groups is 4. The van der Waals surface area contributed by atoms with Crippen molar-refractivity contribution in [3.8, 4) is 11.5 Å². The van der Waals surface area contributed by atoms with Crippen molar-refractivity contribution in [1.82, 2.24) is 0 Å². The van der Waals surface area contributed by atoms with Gasteiger partial charge in [0.15, 0.2) is 11.6 Å². The lowest BCUT2D eigenvalue weighted by Gasteiger charge is -2.34. The first-order valence-corrected chi connectivity index (χ1v) is 12.3. The number of para-hydroxylation sites is 2. The maximum absolute atomic E-state index is 14.0. The lowest BCUT2D eigenvalue weighted by atomic mass is 9.75. The molecule has 2 aliphatic rings. The Kier molecular flexibility index (Phi) is 5.92. The monoisotopic (exact) mass is 502 g/mol. The van der Waals surface area contributed by atoms with Crippen LogP contribution in [0.25, 0.3) is 0 Å². The molecule has 0 bridgehead atoms. The second-order valence-electron chi connectivity index (χ2n) is 9.30. The van der Waals surface area contributed by atoms with Gasteiger partial charge in [-0.25, -0.2) is 0 Å². The Hall–Kier alpha value is -4.84. The molecule has 4 atom stereocenters. The van der Waals surface area contributed by atoms with Gasteiger partial charge < -0.3 is 9.47 Å². The van der Waals surface area contributed by atoms with Crippen LogP contribution < -0.4 is 9.47 Å². The number of benzene rings is 4. The Morgan fingerprint density at radius 3 is 1.21 bits per heavy atom. The summed E-state index contributed by atoms with van der Waals surface area (Å²) in [6.45, 7) is 0. The lowest BCUT2D eigenvalue weighted by Crippen LogP contribution is -2.46. The number of carbonyl (C=O) groups excluding carboxylic acids is 4. The Balaban J connectivity index is 1.43. The van der Waals surface area contributed by atoms with Crippen LogP contribution in [0, 0.1) is 11.8 Å². The molecule has 0 amide bonds. The van der Waals surface area contributed by atoms with E-state index in [1.54, 1.807) is 97.1 Å². The average Bonchev–Trinajstić information content (AvgIpc) is 2.97. The average molecular weight is 503 g/mol. The Labute approximate surface area is 218 Å². The minimum atomic E-state index is -1.44. The van der Waals surface area contributed by atoms with Gasteiger partial charge in [0, 0.05) is 0 Å². The summed E-state index contributed by atoms with van der Waals surface area (Å²) in [5.41, 5.74) is 1.61. The smallest absolute Gasteiger partial charge is 0.214 e. The molecule has 0 spiro atoms. The summed E-state index contributed by atoms with van der Waals surface area (Å²) >= 11 is 0. The third-order valence-electron chi connectivity index (χ3n) is 7.05. The Morgan fingerprint density at radius 2 is 0.816 bits per heavy atom. The van der Waals surface area contributed by atoms with Crippen LogP contribution in [0.4, 0.5) is 0 Å². The largest absolute Gasteiger partial charge is 0.484 e. The van der Waals surface area contributed by atoms with Crippen molar-refractivity contribution in [3.63, 3.8) is 0 Å². The number of Topliss-reactive ketones (excluding diaryl/α,β-unsaturated/α-hetero) is 4. The Morgan fingerprint density at radius 1 is 0.474 bits per heavy atom. The zero-order chi connectivity index (χ0) is 26.2. The first kappa shape index (κ1) is 23.6. The standard InChI is InChI=1S/C32H22O6/c33-27-21-15-7-9-17-23(21)37-31(19-11-3-1-4-12-19)25(27)29(35)30(36)26-28(34)22-16-8-10-18-24(22)38-32(26)20-13-5-2-6-14-20/h1-18,25-26,31-32H. The van der Waals surface area contributed by atoms with Crippen molar-refractivity contribution in [2.75, 3.05) is 0 Å². The summed E-state index contributed by atoms with van der Waals surface area (Å²) in [7, 11) is 0. The first-order valence-electron chi connectivity index (χ1n) is 12.3. The van der Waals surface area contributed by atoms with Gasteiger partial charge >= 0.3 is 0 Å². The molecule has 0 aromatic heterocycles. The van der Waals surface area contributed by atoms with Crippen LogP contribution in [0.3, 0.4) is 0 Å². The number of hydrogen-bond acceptors (Lipinski definition) is 6. The number of rotatable bonds is 5. The van der Waals surface area contributed by atoms with Crippen LogP contribution in [0.1, 0.15) is 44.1 Å². The van der Waals surface area contributed by atoms with Gasteiger partial charge in [-0.05, 0) is 35.4 Å². The molecule has 4 aromatic rings. The third kappa shape index (κ3) is 3.91. The van der Waals surface area contributed by atoms with Crippen molar-refractivity contribution in [1.29, 1.82) is 0 Å². The molecule has 6 heteroatoms. The fourth-order valence-corrected chi connectivity index (χ4v) is 5.19. The Bertz CT molecular complexity index is 1440. The molecule has 4 unspecified atom stereocenters. The highest BCUT2D eigenvalue weighted by molar-refractivity contribution is 6.47. The van der Waals surface area contributed by atoms with Gasteiger partial charge in [-0.3, -0.25) is 19.2 Å². The van der Waals surface area contributed by atoms with E-state index in [4.69, 9.17) is 9.47 Å². The summed E-state index contributed by atoms with van der Waals surface area (Å²) in [6, 6.07) is 31.0. The van der Waals surface area contributed by atoms with E-state index in [1.807, 2.05) is 12.1 Å². The lowest BCUT2D eigenvalue weighted by molar-refractivity contribution is -0.143. The zero-order valence-corrected chi connectivity index (χ0v) is 20.2. The van der Waals surface area contributed by atoms with Crippen molar-refractivity contribution in [2.24, 2.45) is 11.8 Å². The fraction of sp³-hybridized carbons (Fsp3) is 0.125. The predicted octanol–water partition coefficient (Wildman–Crippen LogP) is 5.39. The van der Waals surface area contributed by atoms with Crippen LogP contribution in [-0.2, 0) is 9.59 Å². The molecular formula is C32H22O6. The molecule has 0 radical (unpaired) electrons. The van der Waals surface area contributed by atoms with E-state index >= 15 is 0 Å². The van der Waals surface area contributed by atoms with E-state index in [1.165, 1.54) is 0 Å². The van der Waals surface area contributed by atoms with Gasteiger partial charge in [0.1, 0.15) is 35.5 Å². The topological polar surface area (TPSA) is 86.7 Å². The summed E-state index contributed by atoms with van der Waals surface area (Å²) in [5, 5.41) is 0. The minimum Gasteiger partial charge on any atom is -0.484 e. The van der Waals surface area contributed by atoms with Crippen molar-refractivity contribution >= 4 is 23.1 Å². The number of ether oxygens (including phenoxy) is 2. The van der Waals surface area contributed by atoms with Gasteiger partial charge in [-0.1, -0.05) is 84.9 Å². The van der Waals surface area contributed by atoms with Gasteiger partial charge in [0.25, 0.3) is 0 Å². The molecule has 2 aliphatic heterocycles. The van der Waals surface area contributed by atoms with Crippen LogP contribution in [0.15, 0.2) is 109 Å². The summed E-state index contributed by atoms with van der Waals surface area (Å²) < 4.78 is 12.3. The van der Waals surface area contributed by atoms with Crippen LogP contribution in [-0.4, -0.2) is 23.1 Å². The summed E-state index contributed by atoms with van der Waals surface area (Å²) in [5.74, 6) is -5.17. The van der Waals surface area contributed by atoms with E-state index in [0.29, 0.717) is 22.6 Å². The quantitative estimate of drug-likeness (QED) is 0.269. The molecule has 0 saturated heterocycles. The molecule has 0 saturated carbocycles. The van der Waals surface area contributed by atoms with Gasteiger partial charge in [-0.15, -0.1) is 0 Å². The molecule has 4 aromatic carbocycles. The van der Waals surface area contributed by atoms with Gasteiger partial charge in [-0.2, -0.15) is 0 Å². The molecule has 0 aliphatic carbocycles. The second-order valence-corrected chi connectivity index (χ2v) is 9.30. The summed E-state index contributed by atoms with van der Waals surface area (Å²) in [4.78, 5) is 55.3. The second kappa shape index (κ2) is 9.56. The maximum Gasteiger partial charge on any atom is 0.214 e. The van der Waals surface area contributed by atoms with Crippen LogP contribution in [0.5, 0.6) is 11.5 Å². The van der Waals surface area contributed by atoms with E-state index in [-0.39, 0.29) is 11.1 Å². The molecular weight excluding hydrogens is 480 g/mol. The molecule has 2 heterocycles. The zero-order valence-electron chi connectivity index (χ0n) is 20.2. The molecule has 6 rings (SSSR count). The molecule has 38 heavy (non-hydrogen) atoms. The molecule has 6 nitrogen and oxygen atoms in total.